The van der Waals surface area contributed by atoms with Crippen LogP contribution in [0.5, 0.6) is 0 Å². The lowest BCUT2D eigenvalue weighted by molar-refractivity contribution is -0.385. The van der Waals surface area contributed by atoms with Crippen LogP contribution in [-0.2, 0) is 17.8 Å². The van der Waals surface area contributed by atoms with Gasteiger partial charge in [0.25, 0.3) is 11.2 Å². The fraction of sp³-hybridized carbons (Fsp3) is 0.368. The standard InChI is InChI=1S/C19H23N3O4/c1-4-14-5-7-15(8-6-14)19(13(2)3)20-17(23)12-21-11-16(22(25)26)9-10-18(21)24/h5-11,13,19H,4,12H2,1-3H3,(H,20,23)/t19-/m1/s1. The van der Waals surface area contributed by atoms with Crippen LogP contribution >= 0.6 is 0 Å². The Bertz CT molecular complexity index is 841. The van der Waals surface area contributed by atoms with Crippen LogP contribution in [0.15, 0.2) is 47.4 Å². The number of pyridine rings is 1. The lowest BCUT2D eigenvalue weighted by Crippen LogP contribution is -2.36. The molecule has 138 valence electrons. The Kier molecular flexibility index (Phi) is 6.27. The monoisotopic (exact) mass is 357 g/mol. The topological polar surface area (TPSA) is 94.2 Å². The number of nitro groups is 1. The molecule has 0 fully saturated rings. The van der Waals surface area contributed by atoms with Gasteiger partial charge in [0.15, 0.2) is 0 Å². The zero-order valence-electron chi connectivity index (χ0n) is 15.1. The van der Waals surface area contributed by atoms with Gasteiger partial charge in [0.1, 0.15) is 6.54 Å². The Morgan fingerprint density at radius 1 is 1.19 bits per heavy atom. The van der Waals surface area contributed by atoms with Crippen LogP contribution in [0.2, 0.25) is 0 Å². The number of nitrogens with one attached hydrogen (secondary N) is 1. The molecule has 0 saturated carbocycles. The molecule has 2 rings (SSSR count). The van der Waals surface area contributed by atoms with Crippen molar-refractivity contribution in [2.45, 2.75) is 39.8 Å². The zero-order chi connectivity index (χ0) is 19.3. The molecule has 0 radical (unpaired) electrons. The third-order valence-corrected chi connectivity index (χ3v) is 4.22. The third kappa shape index (κ3) is 4.78. The van der Waals surface area contributed by atoms with Crippen LogP contribution in [0, 0.1) is 16.0 Å². The molecule has 1 amide bonds. The van der Waals surface area contributed by atoms with Gasteiger partial charge < -0.3 is 5.32 Å². The van der Waals surface area contributed by atoms with Crippen molar-refractivity contribution < 1.29 is 9.72 Å². The predicted molar refractivity (Wildman–Crippen MR) is 98.9 cm³/mol. The highest BCUT2D eigenvalue weighted by atomic mass is 16.6. The highest BCUT2D eigenvalue weighted by molar-refractivity contribution is 5.76. The molecule has 0 bridgehead atoms. The Morgan fingerprint density at radius 3 is 2.38 bits per heavy atom. The molecular weight excluding hydrogens is 334 g/mol. The van der Waals surface area contributed by atoms with E-state index in [-0.39, 0.29) is 30.1 Å². The van der Waals surface area contributed by atoms with E-state index in [0.717, 1.165) is 34.9 Å². The maximum Gasteiger partial charge on any atom is 0.285 e. The van der Waals surface area contributed by atoms with Crippen molar-refractivity contribution in [3.8, 4) is 0 Å². The largest absolute Gasteiger partial charge is 0.347 e. The quantitative estimate of drug-likeness (QED) is 0.609. The number of hydrogen-bond acceptors (Lipinski definition) is 4. The number of amides is 1. The summed E-state index contributed by atoms with van der Waals surface area (Å²) in [6.45, 7) is 5.81. The average Bonchev–Trinajstić information content (AvgIpc) is 2.61. The van der Waals surface area contributed by atoms with Gasteiger partial charge in [-0.3, -0.25) is 24.3 Å². The molecule has 7 nitrogen and oxygen atoms in total. The number of rotatable bonds is 7. The summed E-state index contributed by atoms with van der Waals surface area (Å²) in [6.07, 6.45) is 2.02. The van der Waals surface area contributed by atoms with Gasteiger partial charge in [0.05, 0.1) is 17.2 Å². The normalized spacial score (nSPS) is 12.0. The number of hydrogen-bond donors (Lipinski definition) is 1. The Balaban J connectivity index is 2.16. The SMILES string of the molecule is CCc1ccc([C@H](NC(=O)Cn2cc([N+](=O)[O-])ccc2=O)C(C)C)cc1. The van der Waals surface area contributed by atoms with E-state index in [0.29, 0.717) is 0 Å². The lowest BCUT2D eigenvalue weighted by atomic mass is 9.95. The van der Waals surface area contributed by atoms with E-state index in [1.54, 1.807) is 0 Å². The van der Waals surface area contributed by atoms with Crippen molar-refractivity contribution in [1.82, 2.24) is 9.88 Å². The van der Waals surface area contributed by atoms with Crippen molar-refractivity contribution in [1.29, 1.82) is 0 Å². The maximum atomic E-state index is 12.4. The number of aromatic nitrogens is 1. The number of nitrogens with zero attached hydrogens (tertiary/aromatic N) is 2. The predicted octanol–water partition coefficient (Wildman–Crippen LogP) is 2.83. The molecule has 0 unspecified atom stereocenters. The van der Waals surface area contributed by atoms with E-state index in [1.165, 1.54) is 5.56 Å². The number of aryl methyl sites for hydroxylation is 1. The van der Waals surface area contributed by atoms with E-state index in [2.05, 4.69) is 12.2 Å². The van der Waals surface area contributed by atoms with Crippen LogP contribution in [0.3, 0.4) is 0 Å². The maximum absolute atomic E-state index is 12.4. The summed E-state index contributed by atoms with van der Waals surface area (Å²) < 4.78 is 1.05. The third-order valence-electron chi connectivity index (χ3n) is 4.22. The van der Waals surface area contributed by atoms with Crippen LogP contribution < -0.4 is 10.9 Å². The molecular formula is C19H23N3O4. The molecule has 1 heterocycles. The second-order valence-corrected chi connectivity index (χ2v) is 6.49. The summed E-state index contributed by atoms with van der Waals surface area (Å²) in [5.74, 6) is -0.223. The number of benzene rings is 1. The zero-order valence-corrected chi connectivity index (χ0v) is 15.1. The van der Waals surface area contributed by atoms with Gasteiger partial charge in [0.2, 0.25) is 5.91 Å². The molecule has 0 spiro atoms. The Labute approximate surface area is 151 Å². The van der Waals surface area contributed by atoms with Crippen LogP contribution in [0.4, 0.5) is 5.69 Å². The average molecular weight is 357 g/mol. The molecule has 1 aromatic heterocycles. The first-order valence-corrected chi connectivity index (χ1v) is 8.55. The first kappa shape index (κ1) is 19.4. The van der Waals surface area contributed by atoms with Gasteiger partial charge in [-0.2, -0.15) is 0 Å². The lowest BCUT2D eigenvalue weighted by Gasteiger charge is -2.23. The molecule has 26 heavy (non-hydrogen) atoms. The highest BCUT2D eigenvalue weighted by Gasteiger charge is 2.19. The van der Waals surface area contributed by atoms with Gasteiger partial charge >= 0.3 is 0 Å². The smallest absolute Gasteiger partial charge is 0.285 e. The first-order valence-electron chi connectivity index (χ1n) is 8.55. The molecule has 0 saturated heterocycles. The summed E-state index contributed by atoms with van der Waals surface area (Å²) >= 11 is 0. The Morgan fingerprint density at radius 2 is 1.85 bits per heavy atom. The van der Waals surface area contributed by atoms with Gasteiger partial charge in [-0.15, -0.1) is 0 Å². The van der Waals surface area contributed by atoms with Gasteiger partial charge in [0, 0.05) is 12.1 Å². The first-order chi connectivity index (χ1) is 12.3. The second-order valence-electron chi connectivity index (χ2n) is 6.49. The summed E-state index contributed by atoms with van der Waals surface area (Å²) in [5, 5.41) is 13.8. The summed E-state index contributed by atoms with van der Waals surface area (Å²) in [7, 11) is 0. The van der Waals surface area contributed by atoms with E-state index < -0.39 is 10.5 Å². The summed E-state index contributed by atoms with van der Waals surface area (Å²) in [5.41, 5.74) is 1.51. The summed E-state index contributed by atoms with van der Waals surface area (Å²) in [4.78, 5) is 34.5. The van der Waals surface area contributed by atoms with Crippen LogP contribution in [0.1, 0.15) is 37.9 Å². The molecule has 1 aromatic carbocycles. The van der Waals surface area contributed by atoms with Crippen molar-refractivity contribution in [2.24, 2.45) is 5.92 Å². The van der Waals surface area contributed by atoms with Crippen molar-refractivity contribution >= 4 is 11.6 Å². The molecule has 2 aromatic rings. The fourth-order valence-electron chi connectivity index (χ4n) is 2.72. The van der Waals surface area contributed by atoms with Gasteiger partial charge in [-0.25, -0.2) is 0 Å². The molecule has 7 heteroatoms. The number of carbonyl (C=O) groups excluding carboxylic acids is 1. The van der Waals surface area contributed by atoms with E-state index in [4.69, 9.17) is 0 Å². The van der Waals surface area contributed by atoms with Crippen LogP contribution in [0.25, 0.3) is 0 Å². The Hall–Kier alpha value is -2.96. The molecule has 1 N–H and O–H groups in total. The van der Waals surface area contributed by atoms with Crippen LogP contribution in [-0.4, -0.2) is 15.4 Å². The molecule has 0 aliphatic heterocycles. The number of carbonyl (C=O) groups is 1. The minimum absolute atomic E-state index is 0.147. The van der Waals surface area contributed by atoms with Crippen molar-refractivity contribution in [3.05, 3.63) is 74.2 Å². The van der Waals surface area contributed by atoms with Gasteiger partial charge in [-0.1, -0.05) is 45.0 Å². The fourth-order valence-corrected chi connectivity index (χ4v) is 2.72. The van der Waals surface area contributed by atoms with E-state index in [9.17, 15) is 19.7 Å². The van der Waals surface area contributed by atoms with Gasteiger partial charge in [-0.05, 0) is 23.5 Å². The molecule has 1 atom stereocenters. The molecule has 0 aliphatic rings. The van der Waals surface area contributed by atoms with E-state index in [1.807, 2.05) is 38.1 Å². The van der Waals surface area contributed by atoms with Crippen molar-refractivity contribution in [3.63, 3.8) is 0 Å². The summed E-state index contributed by atoms with van der Waals surface area (Å²) in [6, 6.07) is 10.1. The minimum atomic E-state index is -0.597. The van der Waals surface area contributed by atoms with E-state index >= 15 is 0 Å². The molecule has 0 aliphatic carbocycles. The minimum Gasteiger partial charge on any atom is -0.347 e. The van der Waals surface area contributed by atoms with Crippen molar-refractivity contribution in [2.75, 3.05) is 0 Å². The second kappa shape index (κ2) is 8.42. The highest BCUT2D eigenvalue weighted by Crippen LogP contribution is 2.22.